The Kier molecular flexibility index (Phi) is 3.64. The normalized spacial score (nSPS) is 18.6. The fourth-order valence-corrected chi connectivity index (χ4v) is 4.51. The molecule has 0 fully saturated rings. The van der Waals surface area contributed by atoms with Crippen molar-refractivity contribution in [2.75, 3.05) is 11.9 Å². The molecular formula is C17H17N3O4S. The topological polar surface area (TPSA) is 93.2 Å². The Hall–Kier alpha value is -2.61. The van der Waals surface area contributed by atoms with Gasteiger partial charge in [0.05, 0.1) is 22.8 Å². The van der Waals surface area contributed by atoms with Crippen LogP contribution < -0.4 is 16.6 Å². The van der Waals surface area contributed by atoms with E-state index in [1.54, 1.807) is 0 Å². The molecule has 0 unspecified atom stereocenters. The Balaban J connectivity index is 2.05. The summed E-state index contributed by atoms with van der Waals surface area (Å²) in [6.07, 6.45) is 0.740. The lowest BCUT2D eigenvalue weighted by molar-refractivity contribution is -0.136. The van der Waals surface area contributed by atoms with Gasteiger partial charge >= 0.3 is 11.7 Å². The molecule has 2 N–H and O–H groups in total. The van der Waals surface area contributed by atoms with Crippen molar-refractivity contribution < 1.29 is 9.53 Å². The first-order valence-corrected chi connectivity index (χ1v) is 8.99. The zero-order valence-electron chi connectivity index (χ0n) is 13.8. The van der Waals surface area contributed by atoms with Crippen LogP contribution in [-0.2, 0) is 16.1 Å². The molecule has 8 heteroatoms. The molecule has 0 radical (unpaired) electrons. The lowest BCUT2D eigenvalue weighted by Gasteiger charge is -2.27. The van der Waals surface area contributed by atoms with E-state index in [1.807, 2.05) is 25.3 Å². The molecule has 25 heavy (non-hydrogen) atoms. The van der Waals surface area contributed by atoms with Gasteiger partial charge in [0.2, 0.25) is 0 Å². The number of cyclic esters (lactones) is 1. The zero-order chi connectivity index (χ0) is 17.7. The molecule has 2 aromatic rings. The number of hydrogen-bond donors (Lipinski definition) is 2. The summed E-state index contributed by atoms with van der Waals surface area (Å²) < 4.78 is 6.73. The minimum Gasteiger partial charge on any atom is -0.456 e. The van der Waals surface area contributed by atoms with Crippen LogP contribution in [-0.4, -0.2) is 22.1 Å². The molecule has 2 aliphatic rings. The highest BCUT2D eigenvalue weighted by Gasteiger charge is 2.42. The molecule has 0 bridgehead atoms. The fraction of sp³-hybridized carbons (Fsp3) is 0.353. The van der Waals surface area contributed by atoms with Gasteiger partial charge in [-0.1, -0.05) is 6.92 Å². The molecular weight excluding hydrogens is 342 g/mol. The number of aromatic nitrogens is 2. The number of hydrogen-bond acceptors (Lipinski definition) is 6. The van der Waals surface area contributed by atoms with Gasteiger partial charge in [-0.15, -0.1) is 11.3 Å². The van der Waals surface area contributed by atoms with E-state index in [1.165, 1.54) is 15.9 Å². The minimum absolute atomic E-state index is 0.127. The summed E-state index contributed by atoms with van der Waals surface area (Å²) in [5.74, 6) is -0.474. The Morgan fingerprint density at radius 1 is 1.36 bits per heavy atom. The number of rotatable bonds is 3. The smallest absolute Gasteiger partial charge is 0.337 e. The number of nitrogens with one attached hydrogen (secondary N) is 2. The average molecular weight is 359 g/mol. The molecule has 0 saturated heterocycles. The van der Waals surface area contributed by atoms with E-state index in [0.717, 1.165) is 16.9 Å². The number of aryl methyl sites for hydroxylation is 1. The number of thiophene rings is 1. The summed E-state index contributed by atoms with van der Waals surface area (Å²) in [4.78, 5) is 40.6. The number of esters is 1. The summed E-state index contributed by atoms with van der Waals surface area (Å²) >= 11 is 1.49. The van der Waals surface area contributed by atoms with Crippen LogP contribution in [0.5, 0.6) is 0 Å². The fourth-order valence-electron chi connectivity index (χ4n) is 3.47. The van der Waals surface area contributed by atoms with Crippen molar-refractivity contribution in [3.63, 3.8) is 0 Å². The third kappa shape index (κ3) is 2.28. The van der Waals surface area contributed by atoms with Crippen LogP contribution in [0.2, 0.25) is 0 Å². The second-order valence-corrected chi connectivity index (χ2v) is 7.12. The van der Waals surface area contributed by atoms with Gasteiger partial charge in [0.25, 0.3) is 5.56 Å². The van der Waals surface area contributed by atoms with Crippen LogP contribution in [0, 0.1) is 6.92 Å². The first-order valence-electron chi connectivity index (χ1n) is 8.11. The quantitative estimate of drug-likeness (QED) is 0.814. The second-order valence-electron chi connectivity index (χ2n) is 6.17. The minimum atomic E-state index is -0.520. The van der Waals surface area contributed by atoms with Crippen molar-refractivity contribution in [3.05, 3.63) is 59.6 Å². The van der Waals surface area contributed by atoms with E-state index in [0.29, 0.717) is 29.2 Å². The van der Waals surface area contributed by atoms with Gasteiger partial charge in [-0.25, -0.2) is 9.59 Å². The highest BCUT2D eigenvalue weighted by Crippen LogP contribution is 2.44. The maximum Gasteiger partial charge on any atom is 0.337 e. The number of aromatic amines is 1. The van der Waals surface area contributed by atoms with E-state index in [4.69, 9.17) is 4.74 Å². The monoisotopic (exact) mass is 359 g/mol. The largest absolute Gasteiger partial charge is 0.456 e. The van der Waals surface area contributed by atoms with Gasteiger partial charge < -0.3 is 10.1 Å². The maximum atomic E-state index is 12.7. The van der Waals surface area contributed by atoms with Crippen molar-refractivity contribution in [3.8, 4) is 0 Å². The van der Waals surface area contributed by atoms with Crippen molar-refractivity contribution in [1.29, 1.82) is 0 Å². The molecule has 2 aliphatic heterocycles. The summed E-state index contributed by atoms with van der Waals surface area (Å²) in [7, 11) is 0. The Labute approximate surface area is 147 Å². The molecule has 4 heterocycles. The lowest BCUT2D eigenvalue weighted by atomic mass is 9.86. The standard InChI is InChI=1S/C17H17N3O4S/c1-3-5-20-14-12(15(21)19-17(20)23)11(13-8(2)4-6-25-13)10-9(18-14)7-24-16(10)22/h4,6,11,18H,3,5,7H2,1-2H3,(H,19,21,23)/t11-/m1/s1. The van der Waals surface area contributed by atoms with E-state index in [9.17, 15) is 14.4 Å². The Morgan fingerprint density at radius 2 is 2.16 bits per heavy atom. The number of carbonyl (C=O) groups excluding carboxylic acids is 1. The van der Waals surface area contributed by atoms with Crippen LogP contribution in [0.25, 0.3) is 0 Å². The highest BCUT2D eigenvalue weighted by molar-refractivity contribution is 7.10. The highest BCUT2D eigenvalue weighted by atomic mass is 32.1. The van der Waals surface area contributed by atoms with E-state index >= 15 is 0 Å². The number of anilines is 1. The average Bonchev–Trinajstić information content (AvgIpc) is 3.16. The van der Waals surface area contributed by atoms with Gasteiger partial charge in [-0.05, 0) is 30.4 Å². The van der Waals surface area contributed by atoms with Crippen LogP contribution in [0.15, 0.2) is 32.3 Å². The predicted molar refractivity (Wildman–Crippen MR) is 94.1 cm³/mol. The molecule has 2 aromatic heterocycles. The molecule has 1 atom stereocenters. The molecule has 0 amide bonds. The number of fused-ring (bicyclic) bond motifs is 1. The summed E-state index contributed by atoms with van der Waals surface area (Å²) in [6.45, 7) is 4.50. The summed E-state index contributed by atoms with van der Waals surface area (Å²) in [6, 6.07) is 1.96. The number of ether oxygens (including phenoxy) is 1. The van der Waals surface area contributed by atoms with E-state index < -0.39 is 23.1 Å². The third-order valence-corrected chi connectivity index (χ3v) is 5.67. The zero-order valence-corrected chi connectivity index (χ0v) is 14.7. The van der Waals surface area contributed by atoms with Gasteiger partial charge in [0.1, 0.15) is 12.4 Å². The predicted octanol–water partition coefficient (Wildman–Crippen LogP) is 1.68. The third-order valence-electron chi connectivity index (χ3n) is 4.59. The summed E-state index contributed by atoms with van der Waals surface area (Å²) in [5, 5.41) is 5.05. The lowest BCUT2D eigenvalue weighted by Crippen LogP contribution is -2.38. The van der Waals surface area contributed by atoms with E-state index in [2.05, 4.69) is 10.3 Å². The van der Waals surface area contributed by atoms with E-state index in [-0.39, 0.29) is 6.61 Å². The molecule has 0 saturated carbocycles. The number of nitrogens with zero attached hydrogens (tertiary/aromatic N) is 1. The van der Waals surface area contributed by atoms with Gasteiger partial charge in [-0.2, -0.15) is 0 Å². The maximum absolute atomic E-state index is 12.7. The molecule has 0 aliphatic carbocycles. The van der Waals surface area contributed by atoms with Gasteiger partial charge in [0.15, 0.2) is 0 Å². The van der Waals surface area contributed by atoms with Crippen molar-refractivity contribution in [2.45, 2.75) is 32.7 Å². The van der Waals surface area contributed by atoms with Crippen LogP contribution in [0.4, 0.5) is 5.82 Å². The van der Waals surface area contributed by atoms with Crippen molar-refractivity contribution in [1.82, 2.24) is 9.55 Å². The van der Waals surface area contributed by atoms with Crippen LogP contribution in [0.1, 0.15) is 35.3 Å². The SMILES string of the molecule is CCCn1c2c(c(=O)[nH]c1=O)[C@H](c1sccc1C)C1=C(COC1=O)N2. The molecule has 130 valence electrons. The summed E-state index contributed by atoms with van der Waals surface area (Å²) in [5.41, 5.74) is 1.58. The Bertz CT molecular complexity index is 1030. The molecule has 7 nitrogen and oxygen atoms in total. The van der Waals surface area contributed by atoms with Crippen molar-refractivity contribution >= 4 is 23.1 Å². The molecule has 0 spiro atoms. The number of carbonyl (C=O) groups is 1. The van der Waals surface area contributed by atoms with Gasteiger partial charge in [0, 0.05) is 11.4 Å². The second kappa shape index (κ2) is 5.73. The van der Waals surface area contributed by atoms with Crippen LogP contribution in [0.3, 0.4) is 0 Å². The van der Waals surface area contributed by atoms with Gasteiger partial charge in [-0.3, -0.25) is 14.3 Å². The number of H-pyrrole nitrogens is 1. The molecule has 4 rings (SSSR count). The van der Waals surface area contributed by atoms with Crippen LogP contribution >= 0.6 is 11.3 Å². The first kappa shape index (κ1) is 15.9. The van der Waals surface area contributed by atoms with Crippen molar-refractivity contribution in [2.24, 2.45) is 0 Å². The first-order chi connectivity index (χ1) is 12.0. The Morgan fingerprint density at radius 3 is 2.84 bits per heavy atom. The molecule has 0 aromatic carbocycles.